The number of aryl methyl sites for hydroxylation is 2. The van der Waals surface area contributed by atoms with Crippen molar-refractivity contribution in [2.75, 3.05) is 12.3 Å². The molecule has 1 aliphatic heterocycles. The van der Waals surface area contributed by atoms with Crippen LogP contribution in [-0.4, -0.2) is 23.1 Å². The molecule has 0 saturated carbocycles. The van der Waals surface area contributed by atoms with Crippen molar-refractivity contribution in [2.24, 2.45) is 0 Å². The summed E-state index contributed by atoms with van der Waals surface area (Å²) in [4.78, 5) is 17.2. The highest BCUT2D eigenvalue weighted by Gasteiger charge is 2.27. The van der Waals surface area contributed by atoms with Gasteiger partial charge in [-0.15, -0.1) is 23.1 Å². The van der Waals surface area contributed by atoms with Crippen molar-refractivity contribution in [2.45, 2.75) is 38.1 Å². The van der Waals surface area contributed by atoms with E-state index in [-0.39, 0.29) is 11.9 Å². The summed E-state index contributed by atoms with van der Waals surface area (Å²) in [7, 11) is 0. The number of benzene rings is 1. The van der Waals surface area contributed by atoms with Crippen LogP contribution >= 0.6 is 23.1 Å². The molecule has 116 valence electrons. The molecular formula is C18H21NOS2. The first kappa shape index (κ1) is 15.6. The van der Waals surface area contributed by atoms with Crippen molar-refractivity contribution in [3.8, 4) is 0 Å². The number of fused-ring (bicyclic) bond motifs is 1. The number of hydrogen-bond acceptors (Lipinski definition) is 3. The van der Waals surface area contributed by atoms with Gasteiger partial charge >= 0.3 is 0 Å². The quantitative estimate of drug-likeness (QED) is 0.766. The summed E-state index contributed by atoms with van der Waals surface area (Å²) in [6.45, 7) is 7.22. The maximum atomic E-state index is 12.6. The maximum absolute atomic E-state index is 12.6. The molecule has 3 rings (SSSR count). The molecule has 1 atom stereocenters. The number of carbonyl (C=O) groups is 1. The van der Waals surface area contributed by atoms with Gasteiger partial charge in [-0.05, 0) is 67.5 Å². The van der Waals surface area contributed by atoms with Crippen molar-refractivity contribution in [1.29, 1.82) is 0 Å². The van der Waals surface area contributed by atoms with Crippen LogP contribution in [0.3, 0.4) is 0 Å². The summed E-state index contributed by atoms with van der Waals surface area (Å²) in [5, 5.41) is 2.14. The largest absolute Gasteiger partial charge is 0.335 e. The van der Waals surface area contributed by atoms with E-state index in [1.807, 2.05) is 16.2 Å². The van der Waals surface area contributed by atoms with Crippen LogP contribution in [0.2, 0.25) is 0 Å². The SMILES string of the molecule is Cc1ccc(SCC(=O)N2CCc3sccc3[C@H]2C)cc1C. The smallest absolute Gasteiger partial charge is 0.233 e. The van der Waals surface area contributed by atoms with Gasteiger partial charge in [-0.1, -0.05) is 6.07 Å². The molecule has 0 saturated heterocycles. The third-order valence-corrected chi connectivity index (χ3v) is 6.41. The zero-order valence-corrected chi connectivity index (χ0v) is 14.9. The number of nitrogens with zero attached hydrogens (tertiary/aromatic N) is 1. The van der Waals surface area contributed by atoms with Gasteiger partial charge in [0.2, 0.25) is 5.91 Å². The lowest BCUT2D eigenvalue weighted by Crippen LogP contribution is -2.39. The standard InChI is InChI=1S/C18H21NOS2/c1-12-4-5-15(10-13(12)2)22-11-18(20)19-8-6-17-16(14(19)3)7-9-21-17/h4-5,7,9-10,14H,6,8,11H2,1-3H3/t14-/m1/s1. The van der Waals surface area contributed by atoms with Crippen LogP contribution in [0.1, 0.15) is 34.5 Å². The van der Waals surface area contributed by atoms with Gasteiger partial charge in [-0.2, -0.15) is 0 Å². The first-order valence-corrected chi connectivity index (χ1v) is 9.48. The van der Waals surface area contributed by atoms with E-state index >= 15 is 0 Å². The number of thioether (sulfide) groups is 1. The molecule has 1 amide bonds. The Hall–Kier alpha value is -1.26. The van der Waals surface area contributed by atoms with Gasteiger partial charge in [0.25, 0.3) is 0 Å². The molecule has 0 fully saturated rings. The summed E-state index contributed by atoms with van der Waals surface area (Å²) < 4.78 is 0. The number of hydrogen-bond donors (Lipinski definition) is 0. The lowest BCUT2D eigenvalue weighted by Gasteiger charge is -2.33. The molecule has 0 spiro atoms. The van der Waals surface area contributed by atoms with Crippen molar-refractivity contribution in [3.63, 3.8) is 0 Å². The second-order valence-corrected chi connectivity index (χ2v) is 7.90. The van der Waals surface area contributed by atoms with Gasteiger partial charge in [0, 0.05) is 16.3 Å². The molecule has 0 N–H and O–H groups in total. The highest BCUT2D eigenvalue weighted by Crippen LogP contribution is 2.33. The lowest BCUT2D eigenvalue weighted by atomic mass is 10.0. The van der Waals surface area contributed by atoms with Crippen LogP contribution in [-0.2, 0) is 11.2 Å². The van der Waals surface area contributed by atoms with E-state index in [1.165, 1.54) is 26.5 Å². The molecule has 0 radical (unpaired) electrons. The summed E-state index contributed by atoms with van der Waals surface area (Å²) in [6, 6.07) is 8.79. The third kappa shape index (κ3) is 3.08. The molecule has 1 aromatic heterocycles. The Balaban J connectivity index is 1.64. The Morgan fingerprint density at radius 2 is 2.14 bits per heavy atom. The first-order chi connectivity index (χ1) is 10.6. The summed E-state index contributed by atoms with van der Waals surface area (Å²) in [6.07, 6.45) is 0.997. The predicted octanol–water partition coefficient (Wildman–Crippen LogP) is 4.60. The molecule has 2 aromatic rings. The van der Waals surface area contributed by atoms with Crippen LogP contribution < -0.4 is 0 Å². The molecule has 0 aliphatic carbocycles. The second-order valence-electron chi connectivity index (χ2n) is 5.85. The molecule has 0 bridgehead atoms. The lowest BCUT2D eigenvalue weighted by molar-refractivity contribution is -0.130. The normalized spacial score (nSPS) is 17.4. The van der Waals surface area contributed by atoms with Gasteiger partial charge in [0.05, 0.1) is 11.8 Å². The molecule has 4 heteroatoms. The Bertz CT molecular complexity index is 692. The molecule has 1 aliphatic rings. The third-order valence-electron chi connectivity index (χ3n) is 4.44. The maximum Gasteiger partial charge on any atom is 0.233 e. The molecule has 1 aromatic carbocycles. The molecule has 2 heterocycles. The van der Waals surface area contributed by atoms with Crippen LogP contribution in [0, 0.1) is 13.8 Å². The Morgan fingerprint density at radius 3 is 2.91 bits per heavy atom. The number of carbonyl (C=O) groups excluding carboxylic acids is 1. The predicted molar refractivity (Wildman–Crippen MR) is 94.8 cm³/mol. The minimum atomic E-state index is 0.211. The summed E-state index contributed by atoms with van der Waals surface area (Å²) in [5.74, 6) is 0.763. The first-order valence-electron chi connectivity index (χ1n) is 7.62. The molecule has 0 unspecified atom stereocenters. The fraction of sp³-hybridized carbons (Fsp3) is 0.389. The van der Waals surface area contributed by atoms with Crippen molar-refractivity contribution < 1.29 is 4.79 Å². The monoisotopic (exact) mass is 331 g/mol. The fourth-order valence-corrected chi connectivity index (χ4v) is 4.72. The average molecular weight is 332 g/mol. The zero-order chi connectivity index (χ0) is 15.7. The van der Waals surface area contributed by atoms with Gasteiger partial charge in [-0.3, -0.25) is 4.79 Å². The van der Waals surface area contributed by atoms with Gasteiger partial charge in [0.1, 0.15) is 0 Å². The highest BCUT2D eigenvalue weighted by atomic mass is 32.2. The second kappa shape index (κ2) is 6.47. The average Bonchev–Trinajstić information content (AvgIpc) is 2.98. The Morgan fingerprint density at radius 1 is 1.32 bits per heavy atom. The van der Waals surface area contributed by atoms with Gasteiger partial charge < -0.3 is 4.90 Å². The van der Waals surface area contributed by atoms with E-state index in [0.29, 0.717) is 5.75 Å². The summed E-state index contributed by atoms with van der Waals surface area (Å²) in [5.41, 5.74) is 3.91. The van der Waals surface area contributed by atoms with E-state index in [9.17, 15) is 4.79 Å². The minimum absolute atomic E-state index is 0.211. The minimum Gasteiger partial charge on any atom is -0.335 e. The van der Waals surface area contributed by atoms with Gasteiger partial charge in [-0.25, -0.2) is 0 Å². The molecular weight excluding hydrogens is 310 g/mol. The van der Waals surface area contributed by atoms with E-state index < -0.39 is 0 Å². The highest BCUT2D eigenvalue weighted by molar-refractivity contribution is 8.00. The van der Waals surface area contributed by atoms with Crippen molar-refractivity contribution in [3.05, 3.63) is 51.2 Å². The number of thiophene rings is 1. The van der Waals surface area contributed by atoms with Crippen molar-refractivity contribution >= 4 is 29.0 Å². The van der Waals surface area contributed by atoms with E-state index in [0.717, 1.165) is 13.0 Å². The number of amides is 1. The topological polar surface area (TPSA) is 20.3 Å². The zero-order valence-electron chi connectivity index (χ0n) is 13.3. The van der Waals surface area contributed by atoms with E-state index in [1.54, 1.807) is 11.8 Å². The Labute approximate surface area is 140 Å². The van der Waals surface area contributed by atoms with Gasteiger partial charge in [0.15, 0.2) is 0 Å². The molecule has 22 heavy (non-hydrogen) atoms. The van der Waals surface area contributed by atoms with Crippen LogP contribution in [0.15, 0.2) is 34.5 Å². The van der Waals surface area contributed by atoms with E-state index in [2.05, 4.69) is 50.4 Å². The van der Waals surface area contributed by atoms with Crippen molar-refractivity contribution in [1.82, 2.24) is 4.90 Å². The van der Waals surface area contributed by atoms with Crippen LogP contribution in [0.5, 0.6) is 0 Å². The summed E-state index contributed by atoms with van der Waals surface area (Å²) >= 11 is 3.45. The van der Waals surface area contributed by atoms with Crippen LogP contribution in [0.25, 0.3) is 0 Å². The molecule has 2 nitrogen and oxygen atoms in total. The number of rotatable bonds is 3. The van der Waals surface area contributed by atoms with Crippen LogP contribution in [0.4, 0.5) is 0 Å². The fourth-order valence-electron chi connectivity index (χ4n) is 2.88. The Kier molecular flexibility index (Phi) is 4.59. The van der Waals surface area contributed by atoms with E-state index in [4.69, 9.17) is 0 Å².